The Balaban J connectivity index is 2.85. The minimum atomic E-state index is -3.46. The summed E-state index contributed by atoms with van der Waals surface area (Å²) in [6, 6.07) is 7.09. The van der Waals surface area contributed by atoms with Crippen LogP contribution in [0, 0.1) is 0 Å². The van der Waals surface area contributed by atoms with Crippen molar-refractivity contribution < 1.29 is 17.9 Å². The van der Waals surface area contributed by atoms with E-state index < -0.39 is 10.0 Å². The summed E-state index contributed by atoms with van der Waals surface area (Å²) in [5.41, 5.74) is 0.501. The van der Waals surface area contributed by atoms with Gasteiger partial charge >= 0.3 is 0 Å². The molecule has 0 aliphatic carbocycles. The Bertz CT molecular complexity index is 614. The third-order valence-corrected chi connectivity index (χ3v) is 4.23. The molecule has 1 rings (SSSR count). The summed E-state index contributed by atoms with van der Waals surface area (Å²) >= 11 is 0. The number of amides is 1. The van der Waals surface area contributed by atoms with E-state index in [2.05, 4.69) is 5.32 Å². The molecule has 1 aromatic carbocycles. The number of carbonyl (C=O) groups excluding carboxylic acids is 1. The molecule has 6 nitrogen and oxygen atoms in total. The Morgan fingerprint density at radius 1 is 1.30 bits per heavy atom. The average Bonchev–Trinajstić information content (AvgIpc) is 2.43. The molecule has 0 bridgehead atoms. The molecule has 1 N–H and O–H groups in total. The van der Waals surface area contributed by atoms with E-state index in [1.54, 1.807) is 24.3 Å². The maximum Gasteiger partial charge on any atom is 0.232 e. The van der Waals surface area contributed by atoms with E-state index in [1.807, 2.05) is 20.8 Å². The van der Waals surface area contributed by atoms with Gasteiger partial charge in [-0.15, -0.1) is 0 Å². The Morgan fingerprint density at radius 3 is 2.52 bits per heavy atom. The first-order valence-corrected chi connectivity index (χ1v) is 9.59. The van der Waals surface area contributed by atoms with Crippen LogP contribution in [0.3, 0.4) is 0 Å². The minimum Gasteiger partial charge on any atom is -0.492 e. The molecule has 0 saturated heterocycles. The van der Waals surface area contributed by atoms with Crippen LogP contribution >= 0.6 is 0 Å². The predicted octanol–water partition coefficient (Wildman–Crippen LogP) is 2.16. The van der Waals surface area contributed by atoms with Gasteiger partial charge in [0.05, 0.1) is 18.6 Å². The molecular formula is C16H26N2O4S. The molecule has 0 heterocycles. The number of para-hydroxylation sites is 2. The predicted molar refractivity (Wildman–Crippen MR) is 92.3 cm³/mol. The van der Waals surface area contributed by atoms with Crippen LogP contribution < -0.4 is 14.4 Å². The van der Waals surface area contributed by atoms with Crippen LogP contribution in [0.4, 0.5) is 5.69 Å². The van der Waals surface area contributed by atoms with Crippen LogP contribution in [0.2, 0.25) is 0 Å². The number of rotatable bonds is 9. The molecule has 0 aliphatic rings. The van der Waals surface area contributed by atoms with Crippen molar-refractivity contribution in [2.45, 2.75) is 39.7 Å². The lowest BCUT2D eigenvalue weighted by Gasteiger charge is -2.24. The molecule has 1 aromatic rings. The van der Waals surface area contributed by atoms with Crippen molar-refractivity contribution in [3.05, 3.63) is 24.3 Å². The Morgan fingerprint density at radius 2 is 1.96 bits per heavy atom. The summed E-state index contributed by atoms with van der Waals surface area (Å²) in [6.45, 7) is 6.30. The lowest BCUT2D eigenvalue weighted by Crippen LogP contribution is -2.33. The zero-order chi connectivity index (χ0) is 17.5. The van der Waals surface area contributed by atoms with Crippen LogP contribution in [0.5, 0.6) is 5.75 Å². The lowest BCUT2D eigenvalue weighted by molar-refractivity contribution is -0.121. The highest BCUT2D eigenvalue weighted by Gasteiger charge is 2.21. The van der Waals surface area contributed by atoms with E-state index in [-0.39, 0.29) is 24.9 Å². The van der Waals surface area contributed by atoms with Crippen molar-refractivity contribution in [1.82, 2.24) is 5.32 Å². The van der Waals surface area contributed by atoms with E-state index in [0.29, 0.717) is 24.5 Å². The molecule has 7 heteroatoms. The van der Waals surface area contributed by atoms with Gasteiger partial charge in [0.1, 0.15) is 5.75 Å². The quantitative estimate of drug-likeness (QED) is 0.746. The highest BCUT2D eigenvalue weighted by Crippen LogP contribution is 2.30. The number of hydrogen-bond donors (Lipinski definition) is 1. The zero-order valence-electron chi connectivity index (χ0n) is 14.2. The third kappa shape index (κ3) is 6.48. The van der Waals surface area contributed by atoms with Gasteiger partial charge in [-0.1, -0.05) is 12.1 Å². The smallest absolute Gasteiger partial charge is 0.232 e. The summed E-state index contributed by atoms with van der Waals surface area (Å²) in [7, 11) is -3.46. The molecule has 1 amide bonds. The molecule has 23 heavy (non-hydrogen) atoms. The highest BCUT2D eigenvalue weighted by atomic mass is 32.2. The number of benzene rings is 1. The van der Waals surface area contributed by atoms with Gasteiger partial charge in [0.15, 0.2) is 0 Å². The standard InChI is InChI=1S/C16H26N2O4S/c1-5-22-15-10-7-6-9-14(15)18(23(4,20)21)12-8-11-16(19)17-13(2)3/h6-7,9-10,13H,5,8,11-12H2,1-4H3,(H,17,19). The number of hydrogen-bond acceptors (Lipinski definition) is 4. The zero-order valence-corrected chi connectivity index (χ0v) is 15.0. The topological polar surface area (TPSA) is 75.7 Å². The molecule has 0 atom stereocenters. The van der Waals surface area contributed by atoms with Gasteiger partial charge < -0.3 is 10.1 Å². The van der Waals surface area contributed by atoms with Crippen molar-refractivity contribution in [2.24, 2.45) is 0 Å². The Labute approximate surface area is 138 Å². The van der Waals surface area contributed by atoms with Gasteiger partial charge in [-0.2, -0.15) is 0 Å². The maximum atomic E-state index is 12.1. The van der Waals surface area contributed by atoms with Crippen LogP contribution in [-0.2, 0) is 14.8 Å². The van der Waals surface area contributed by atoms with Gasteiger partial charge in [-0.25, -0.2) is 8.42 Å². The molecule has 0 spiro atoms. The second-order valence-corrected chi connectivity index (χ2v) is 7.47. The van der Waals surface area contributed by atoms with Crippen molar-refractivity contribution >= 4 is 21.6 Å². The molecule has 0 fully saturated rings. The minimum absolute atomic E-state index is 0.0761. The van der Waals surface area contributed by atoms with E-state index in [0.717, 1.165) is 6.26 Å². The van der Waals surface area contributed by atoms with Gasteiger partial charge in [0, 0.05) is 19.0 Å². The SMILES string of the molecule is CCOc1ccccc1N(CCCC(=O)NC(C)C)S(C)(=O)=O. The molecule has 130 valence electrons. The van der Waals surface area contributed by atoms with Crippen LogP contribution in [0.1, 0.15) is 33.6 Å². The van der Waals surface area contributed by atoms with Crippen molar-refractivity contribution in [3.63, 3.8) is 0 Å². The third-order valence-electron chi connectivity index (χ3n) is 3.05. The summed E-state index contributed by atoms with van der Waals surface area (Å²) in [6.07, 6.45) is 1.87. The molecule has 0 aromatic heterocycles. The second-order valence-electron chi connectivity index (χ2n) is 5.56. The van der Waals surface area contributed by atoms with E-state index >= 15 is 0 Å². The number of carbonyl (C=O) groups is 1. The fraction of sp³-hybridized carbons (Fsp3) is 0.562. The number of anilines is 1. The second kappa shape index (κ2) is 8.76. The molecule has 0 unspecified atom stereocenters. The number of sulfonamides is 1. The largest absolute Gasteiger partial charge is 0.492 e. The van der Waals surface area contributed by atoms with E-state index in [9.17, 15) is 13.2 Å². The highest BCUT2D eigenvalue weighted by molar-refractivity contribution is 7.92. The van der Waals surface area contributed by atoms with Crippen LogP contribution in [-0.4, -0.2) is 39.8 Å². The van der Waals surface area contributed by atoms with E-state index in [1.165, 1.54) is 4.31 Å². The first-order valence-electron chi connectivity index (χ1n) is 7.74. The van der Waals surface area contributed by atoms with Crippen LogP contribution in [0.15, 0.2) is 24.3 Å². The molecular weight excluding hydrogens is 316 g/mol. The molecule has 0 radical (unpaired) electrons. The van der Waals surface area contributed by atoms with E-state index in [4.69, 9.17) is 4.74 Å². The number of nitrogens with one attached hydrogen (secondary N) is 1. The van der Waals surface area contributed by atoms with Gasteiger partial charge in [0.25, 0.3) is 0 Å². The van der Waals surface area contributed by atoms with Gasteiger partial charge in [-0.05, 0) is 39.3 Å². The van der Waals surface area contributed by atoms with Crippen molar-refractivity contribution in [2.75, 3.05) is 23.7 Å². The fourth-order valence-electron chi connectivity index (χ4n) is 2.18. The lowest BCUT2D eigenvalue weighted by atomic mass is 10.2. The van der Waals surface area contributed by atoms with Gasteiger partial charge in [-0.3, -0.25) is 9.10 Å². The maximum absolute atomic E-state index is 12.1. The normalized spacial score (nSPS) is 11.3. The van der Waals surface area contributed by atoms with Crippen molar-refractivity contribution in [1.29, 1.82) is 0 Å². The molecule has 0 saturated carbocycles. The van der Waals surface area contributed by atoms with Crippen molar-refractivity contribution in [3.8, 4) is 5.75 Å². The Kier molecular flexibility index (Phi) is 7.35. The van der Waals surface area contributed by atoms with Crippen LogP contribution in [0.25, 0.3) is 0 Å². The number of nitrogens with zero attached hydrogens (tertiary/aromatic N) is 1. The first-order chi connectivity index (χ1) is 10.8. The molecule has 0 aliphatic heterocycles. The summed E-state index contributed by atoms with van der Waals surface area (Å²) in [5, 5.41) is 2.80. The first kappa shape index (κ1) is 19.3. The average molecular weight is 342 g/mol. The summed E-state index contributed by atoms with van der Waals surface area (Å²) in [4.78, 5) is 11.7. The monoisotopic (exact) mass is 342 g/mol. The summed E-state index contributed by atoms with van der Waals surface area (Å²) < 4.78 is 31.0. The summed E-state index contributed by atoms with van der Waals surface area (Å²) in [5.74, 6) is 0.443. The number of ether oxygens (including phenoxy) is 1. The van der Waals surface area contributed by atoms with Gasteiger partial charge in [0.2, 0.25) is 15.9 Å². The fourth-order valence-corrected chi connectivity index (χ4v) is 3.15. The Hall–Kier alpha value is -1.76.